The topological polar surface area (TPSA) is 35.6 Å². The predicted molar refractivity (Wildman–Crippen MR) is 76.2 cm³/mol. The Bertz CT molecular complexity index is 698. The molecule has 4 nitrogen and oxygen atoms in total. The van der Waals surface area contributed by atoms with Gasteiger partial charge in [0, 0.05) is 19.8 Å². The molecule has 0 fully saturated rings. The van der Waals surface area contributed by atoms with Gasteiger partial charge in [-0.05, 0) is 24.1 Å². The van der Waals surface area contributed by atoms with Crippen LogP contribution in [0.1, 0.15) is 11.4 Å². The molecule has 0 aliphatic carbocycles. The Hall–Kier alpha value is -1.81. The van der Waals surface area contributed by atoms with E-state index in [4.69, 9.17) is 11.6 Å². The molecule has 0 bridgehead atoms. The Morgan fingerprint density at radius 3 is 2.84 bits per heavy atom. The Morgan fingerprint density at radius 2 is 2.11 bits per heavy atom. The number of aromatic nitrogens is 4. The van der Waals surface area contributed by atoms with Crippen LogP contribution in [0.3, 0.4) is 0 Å². The minimum Gasteiger partial charge on any atom is -0.327 e. The molecule has 5 heteroatoms. The fourth-order valence-electron chi connectivity index (χ4n) is 2.32. The van der Waals surface area contributed by atoms with Crippen LogP contribution in [0.4, 0.5) is 0 Å². The van der Waals surface area contributed by atoms with Gasteiger partial charge in [0.2, 0.25) is 0 Å². The van der Waals surface area contributed by atoms with Gasteiger partial charge in [0.15, 0.2) is 0 Å². The monoisotopic (exact) mass is 274 g/mol. The van der Waals surface area contributed by atoms with Crippen LogP contribution >= 0.6 is 11.6 Å². The minimum absolute atomic E-state index is 0.432. The van der Waals surface area contributed by atoms with Gasteiger partial charge in [0.1, 0.15) is 5.82 Å². The third-order valence-electron chi connectivity index (χ3n) is 3.24. The first kappa shape index (κ1) is 12.2. The van der Waals surface area contributed by atoms with Crippen LogP contribution in [0.2, 0.25) is 0 Å². The molecule has 0 saturated carbocycles. The molecule has 0 unspecified atom stereocenters. The average Bonchev–Trinajstić information content (AvgIpc) is 2.99. The highest BCUT2D eigenvalue weighted by atomic mass is 35.5. The number of para-hydroxylation sites is 2. The molecular weight excluding hydrogens is 260 g/mol. The Labute approximate surface area is 116 Å². The lowest BCUT2D eigenvalue weighted by Gasteiger charge is -2.06. The van der Waals surface area contributed by atoms with Gasteiger partial charge in [-0.2, -0.15) is 5.10 Å². The van der Waals surface area contributed by atoms with Crippen LogP contribution in [0, 0.1) is 0 Å². The summed E-state index contributed by atoms with van der Waals surface area (Å²) in [6, 6.07) is 8.13. The number of nitrogens with zero attached hydrogens (tertiary/aromatic N) is 4. The van der Waals surface area contributed by atoms with Crippen LogP contribution < -0.4 is 0 Å². The van der Waals surface area contributed by atoms with Gasteiger partial charge < -0.3 is 4.57 Å². The van der Waals surface area contributed by atoms with Crippen LogP contribution in [-0.4, -0.2) is 19.3 Å². The number of halogens is 1. The summed E-state index contributed by atoms with van der Waals surface area (Å²) in [6.45, 7) is 0.869. The lowest BCUT2D eigenvalue weighted by molar-refractivity contribution is 0.687. The molecule has 0 atom stereocenters. The van der Waals surface area contributed by atoms with E-state index in [9.17, 15) is 0 Å². The van der Waals surface area contributed by atoms with Gasteiger partial charge >= 0.3 is 0 Å². The van der Waals surface area contributed by atoms with Gasteiger partial charge in [-0.1, -0.05) is 12.1 Å². The van der Waals surface area contributed by atoms with E-state index in [2.05, 4.69) is 20.7 Å². The number of alkyl halides is 1. The molecule has 0 amide bonds. The highest BCUT2D eigenvalue weighted by molar-refractivity contribution is 6.16. The molecule has 2 aromatic heterocycles. The van der Waals surface area contributed by atoms with Crippen molar-refractivity contribution in [1.82, 2.24) is 19.3 Å². The fraction of sp³-hybridized carbons (Fsp3) is 0.286. The van der Waals surface area contributed by atoms with Crippen molar-refractivity contribution < 1.29 is 0 Å². The summed E-state index contributed by atoms with van der Waals surface area (Å²) in [7, 11) is 1.93. The molecule has 1 aromatic carbocycles. The average molecular weight is 275 g/mol. The molecule has 3 aromatic rings. The fourth-order valence-corrected chi connectivity index (χ4v) is 2.52. The molecule has 2 heterocycles. The standard InChI is InChI=1S/C14H15ClN4/c1-18-10-11(9-16-18)6-7-19-13-5-3-2-4-12(13)17-14(19)8-15/h2-5,9-10H,6-8H2,1H3. The van der Waals surface area contributed by atoms with Crippen molar-refractivity contribution in [2.75, 3.05) is 0 Å². The molecule has 0 aliphatic heterocycles. The van der Waals surface area contributed by atoms with Gasteiger partial charge in [-0.15, -0.1) is 11.6 Å². The first-order valence-corrected chi connectivity index (χ1v) is 6.79. The number of benzene rings is 1. The molecule has 0 radical (unpaired) electrons. The lowest BCUT2D eigenvalue weighted by atomic mass is 10.2. The van der Waals surface area contributed by atoms with Crippen LogP contribution in [0.5, 0.6) is 0 Å². The molecule has 0 N–H and O–H groups in total. The quantitative estimate of drug-likeness (QED) is 0.686. The second kappa shape index (κ2) is 5.05. The number of aryl methyl sites for hydroxylation is 3. The summed E-state index contributed by atoms with van der Waals surface area (Å²) in [5.41, 5.74) is 3.37. The summed E-state index contributed by atoms with van der Waals surface area (Å²) in [5, 5.41) is 4.19. The first-order valence-electron chi connectivity index (χ1n) is 6.25. The second-order valence-electron chi connectivity index (χ2n) is 4.57. The molecular formula is C14H15ClN4. The van der Waals surface area contributed by atoms with Gasteiger partial charge in [0.25, 0.3) is 0 Å². The predicted octanol–water partition coefficient (Wildman–Crippen LogP) is 2.75. The van der Waals surface area contributed by atoms with Crippen molar-refractivity contribution in [3.05, 3.63) is 48.0 Å². The molecule has 0 saturated heterocycles. The second-order valence-corrected chi connectivity index (χ2v) is 4.84. The smallest absolute Gasteiger partial charge is 0.124 e. The molecule has 0 spiro atoms. The van der Waals surface area contributed by atoms with Gasteiger partial charge in [-0.25, -0.2) is 4.98 Å². The number of rotatable bonds is 4. The number of hydrogen-bond acceptors (Lipinski definition) is 2. The summed E-state index contributed by atoms with van der Waals surface area (Å²) in [4.78, 5) is 4.56. The largest absolute Gasteiger partial charge is 0.327 e. The normalized spacial score (nSPS) is 11.3. The van der Waals surface area contributed by atoms with Crippen LogP contribution in [-0.2, 0) is 25.9 Å². The van der Waals surface area contributed by atoms with Crippen LogP contribution in [0.15, 0.2) is 36.7 Å². The van der Waals surface area contributed by atoms with E-state index in [0.717, 1.165) is 29.8 Å². The van der Waals surface area contributed by atoms with Crippen molar-refractivity contribution in [3.63, 3.8) is 0 Å². The minimum atomic E-state index is 0.432. The summed E-state index contributed by atoms with van der Waals surface area (Å²) < 4.78 is 4.01. The van der Waals surface area contributed by atoms with Crippen LogP contribution in [0.25, 0.3) is 11.0 Å². The highest BCUT2D eigenvalue weighted by Crippen LogP contribution is 2.18. The Kier molecular flexibility index (Phi) is 3.25. The van der Waals surface area contributed by atoms with Gasteiger partial charge in [-0.3, -0.25) is 4.68 Å². The van der Waals surface area contributed by atoms with E-state index in [-0.39, 0.29) is 0 Å². The van der Waals surface area contributed by atoms with Crippen molar-refractivity contribution in [1.29, 1.82) is 0 Å². The van der Waals surface area contributed by atoms with Crippen molar-refractivity contribution in [3.8, 4) is 0 Å². The van der Waals surface area contributed by atoms with Crippen molar-refractivity contribution in [2.45, 2.75) is 18.8 Å². The third kappa shape index (κ3) is 2.36. The molecule has 3 rings (SSSR count). The lowest BCUT2D eigenvalue weighted by Crippen LogP contribution is -2.04. The molecule has 19 heavy (non-hydrogen) atoms. The number of fused-ring (bicyclic) bond motifs is 1. The number of imidazole rings is 1. The van der Waals surface area contributed by atoms with E-state index < -0.39 is 0 Å². The summed E-state index contributed by atoms with van der Waals surface area (Å²) >= 11 is 5.99. The zero-order chi connectivity index (χ0) is 13.2. The SMILES string of the molecule is Cn1cc(CCn2c(CCl)nc3ccccc32)cn1. The van der Waals surface area contributed by atoms with E-state index in [1.165, 1.54) is 5.56 Å². The third-order valence-corrected chi connectivity index (χ3v) is 3.47. The van der Waals surface area contributed by atoms with Crippen molar-refractivity contribution >= 4 is 22.6 Å². The molecule has 0 aliphatic rings. The van der Waals surface area contributed by atoms with Crippen molar-refractivity contribution in [2.24, 2.45) is 7.05 Å². The van der Waals surface area contributed by atoms with Gasteiger partial charge in [0.05, 0.1) is 23.1 Å². The van der Waals surface area contributed by atoms with E-state index in [0.29, 0.717) is 5.88 Å². The summed E-state index contributed by atoms with van der Waals surface area (Å²) in [6.07, 6.45) is 4.87. The summed E-state index contributed by atoms with van der Waals surface area (Å²) in [5.74, 6) is 1.36. The Morgan fingerprint density at radius 1 is 1.26 bits per heavy atom. The zero-order valence-corrected chi connectivity index (χ0v) is 11.5. The Balaban J connectivity index is 1.90. The number of hydrogen-bond donors (Lipinski definition) is 0. The maximum atomic E-state index is 5.99. The maximum absolute atomic E-state index is 5.99. The van der Waals surface area contributed by atoms with E-state index >= 15 is 0 Å². The van der Waals surface area contributed by atoms with E-state index in [1.54, 1.807) is 0 Å². The first-order chi connectivity index (χ1) is 9.28. The highest BCUT2D eigenvalue weighted by Gasteiger charge is 2.09. The van der Waals surface area contributed by atoms with E-state index in [1.807, 2.05) is 42.3 Å². The molecule has 98 valence electrons. The zero-order valence-electron chi connectivity index (χ0n) is 10.8. The maximum Gasteiger partial charge on any atom is 0.124 e.